The molecule has 0 saturated heterocycles. The highest BCUT2D eigenvalue weighted by Gasteiger charge is 2.21. The third-order valence-electron chi connectivity index (χ3n) is 6.25. The van der Waals surface area contributed by atoms with Crippen molar-refractivity contribution in [3.63, 3.8) is 0 Å². The number of nitrogens with two attached hydrogens (primary N) is 1. The first-order valence-electron chi connectivity index (χ1n) is 12.1. The molecule has 0 aliphatic rings. The third-order valence-corrected chi connectivity index (χ3v) is 6.25. The number of fused-ring (bicyclic) bond motifs is 1. The number of carbonyl (C=O) groups excluding carboxylic acids is 1. The lowest BCUT2D eigenvalue weighted by atomic mass is 10.1. The normalized spacial score (nSPS) is 10.9. The first-order chi connectivity index (χ1) is 18.2. The van der Waals surface area contributed by atoms with Crippen LogP contribution in [0.5, 0.6) is 0 Å². The predicted octanol–water partition coefficient (Wildman–Crippen LogP) is 4.52. The van der Waals surface area contributed by atoms with Gasteiger partial charge in [-0.3, -0.25) is 15.0 Å². The molecule has 4 rings (SSSR count). The number of rotatable bonds is 10. The summed E-state index contributed by atoms with van der Waals surface area (Å²) < 4.78 is 16.4. The molecule has 0 saturated carbocycles. The zero-order valence-electron chi connectivity index (χ0n) is 21.2. The maximum Gasteiger partial charge on any atom is 0.305 e. The SMILES string of the molecule is CCn1c(CNc2ccc(C(=N)N)cc2F)nc2cc(C(=O)N(CCC(=O)O)c3ccc(C)cc3)ccc21. The average Bonchev–Trinajstić information content (AvgIpc) is 3.25. The van der Waals surface area contributed by atoms with E-state index in [1.54, 1.807) is 30.3 Å². The van der Waals surface area contributed by atoms with Crippen molar-refractivity contribution in [3.05, 3.63) is 89.0 Å². The van der Waals surface area contributed by atoms with Crippen molar-refractivity contribution in [1.29, 1.82) is 5.41 Å². The largest absolute Gasteiger partial charge is 0.481 e. The van der Waals surface area contributed by atoms with Gasteiger partial charge in [-0.25, -0.2) is 9.37 Å². The molecule has 0 aliphatic carbocycles. The number of nitrogens with zero attached hydrogens (tertiary/aromatic N) is 3. The van der Waals surface area contributed by atoms with Crippen molar-refractivity contribution >= 4 is 40.1 Å². The lowest BCUT2D eigenvalue weighted by Crippen LogP contribution is -2.33. The van der Waals surface area contributed by atoms with Gasteiger partial charge in [0.1, 0.15) is 17.5 Å². The number of amidine groups is 1. The Kier molecular flexibility index (Phi) is 7.71. The van der Waals surface area contributed by atoms with Gasteiger partial charge in [0, 0.05) is 29.9 Å². The number of halogens is 1. The Balaban J connectivity index is 1.61. The highest BCUT2D eigenvalue weighted by Crippen LogP contribution is 2.24. The van der Waals surface area contributed by atoms with E-state index in [9.17, 15) is 19.1 Å². The molecule has 4 aromatic rings. The summed E-state index contributed by atoms with van der Waals surface area (Å²) in [6.07, 6.45) is -0.188. The number of anilines is 2. The number of amides is 1. The number of hydrogen-bond acceptors (Lipinski definition) is 5. The standard InChI is InChI=1S/C28H29FN6O3/c1-3-34-24-11-7-19(28(38)35(13-12-26(36)37)20-8-4-17(2)5-9-20)15-23(24)33-25(34)16-32-22-10-6-18(27(30)31)14-21(22)29/h4-11,14-15,32H,3,12-13,16H2,1-2H3,(H3,30,31)(H,36,37). The highest BCUT2D eigenvalue weighted by atomic mass is 19.1. The molecule has 0 aliphatic heterocycles. The fraction of sp³-hybridized carbons (Fsp3) is 0.214. The van der Waals surface area contributed by atoms with Crippen molar-refractivity contribution in [3.8, 4) is 0 Å². The zero-order valence-corrected chi connectivity index (χ0v) is 21.2. The molecule has 0 atom stereocenters. The van der Waals surface area contributed by atoms with Gasteiger partial charge >= 0.3 is 5.97 Å². The Morgan fingerprint density at radius 1 is 1.11 bits per heavy atom. The molecular weight excluding hydrogens is 487 g/mol. The van der Waals surface area contributed by atoms with Crippen LogP contribution in [0.25, 0.3) is 11.0 Å². The third kappa shape index (κ3) is 5.64. The van der Waals surface area contributed by atoms with Gasteiger partial charge in [-0.05, 0) is 62.4 Å². The molecule has 0 unspecified atom stereocenters. The number of benzene rings is 3. The Morgan fingerprint density at radius 2 is 1.82 bits per heavy atom. The molecule has 9 nitrogen and oxygen atoms in total. The second-order valence-corrected chi connectivity index (χ2v) is 8.87. The summed E-state index contributed by atoms with van der Waals surface area (Å²) in [4.78, 5) is 30.9. The lowest BCUT2D eigenvalue weighted by Gasteiger charge is -2.22. The van der Waals surface area contributed by atoms with Crippen LogP contribution in [-0.4, -0.2) is 38.9 Å². The minimum Gasteiger partial charge on any atom is -0.481 e. The monoisotopic (exact) mass is 516 g/mol. The van der Waals surface area contributed by atoms with E-state index in [2.05, 4.69) is 5.32 Å². The number of aromatic nitrogens is 2. The van der Waals surface area contributed by atoms with E-state index in [1.165, 1.54) is 17.0 Å². The summed E-state index contributed by atoms with van der Waals surface area (Å²) >= 11 is 0. The molecule has 0 radical (unpaired) electrons. The number of carbonyl (C=O) groups is 2. The zero-order chi connectivity index (χ0) is 27.4. The van der Waals surface area contributed by atoms with Crippen LogP contribution in [0, 0.1) is 18.2 Å². The molecule has 3 aromatic carbocycles. The van der Waals surface area contributed by atoms with Crippen LogP contribution in [0.15, 0.2) is 60.7 Å². The second kappa shape index (κ2) is 11.1. The van der Waals surface area contributed by atoms with Gasteiger partial charge in [-0.1, -0.05) is 17.7 Å². The topological polar surface area (TPSA) is 137 Å². The number of aryl methyl sites for hydroxylation is 2. The van der Waals surface area contributed by atoms with Gasteiger partial charge in [0.2, 0.25) is 0 Å². The second-order valence-electron chi connectivity index (χ2n) is 8.87. The van der Waals surface area contributed by atoms with Crippen molar-refractivity contribution < 1.29 is 19.1 Å². The molecule has 1 aromatic heterocycles. The number of carboxylic acid groups (broad SMARTS) is 1. The predicted molar refractivity (Wildman–Crippen MR) is 145 cm³/mol. The summed E-state index contributed by atoms with van der Waals surface area (Å²) in [5.74, 6) is -1.39. The van der Waals surface area contributed by atoms with Crippen LogP contribution in [0.2, 0.25) is 0 Å². The summed E-state index contributed by atoms with van der Waals surface area (Å²) in [7, 11) is 0. The maximum atomic E-state index is 14.5. The molecule has 38 heavy (non-hydrogen) atoms. The molecule has 196 valence electrons. The Morgan fingerprint density at radius 3 is 2.45 bits per heavy atom. The van der Waals surface area contributed by atoms with Gasteiger partial charge < -0.3 is 25.6 Å². The Labute approximate surface area is 219 Å². The smallest absolute Gasteiger partial charge is 0.305 e. The van der Waals surface area contributed by atoms with Gasteiger partial charge in [0.25, 0.3) is 5.91 Å². The van der Waals surface area contributed by atoms with Crippen molar-refractivity contribution in [2.24, 2.45) is 5.73 Å². The van der Waals surface area contributed by atoms with Crippen LogP contribution in [-0.2, 0) is 17.9 Å². The molecule has 1 amide bonds. The van der Waals surface area contributed by atoms with Crippen LogP contribution in [0.3, 0.4) is 0 Å². The fourth-order valence-electron chi connectivity index (χ4n) is 4.24. The van der Waals surface area contributed by atoms with E-state index in [0.717, 1.165) is 11.1 Å². The van der Waals surface area contributed by atoms with Crippen LogP contribution in [0.4, 0.5) is 15.8 Å². The molecule has 0 spiro atoms. The Bertz CT molecular complexity index is 1510. The van der Waals surface area contributed by atoms with E-state index >= 15 is 0 Å². The molecule has 0 bridgehead atoms. The van der Waals surface area contributed by atoms with Crippen LogP contribution >= 0.6 is 0 Å². The van der Waals surface area contributed by atoms with Crippen molar-refractivity contribution in [1.82, 2.24) is 9.55 Å². The molecule has 0 fully saturated rings. The van der Waals surface area contributed by atoms with E-state index in [-0.39, 0.29) is 36.9 Å². The fourth-order valence-corrected chi connectivity index (χ4v) is 4.24. The van der Waals surface area contributed by atoms with E-state index < -0.39 is 11.8 Å². The summed E-state index contributed by atoms with van der Waals surface area (Å²) in [6.45, 7) is 4.78. The van der Waals surface area contributed by atoms with Crippen molar-refractivity contribution in [2.75, 3.05) is 16.8 Å². The Hall–Kier alpha value is -4.73. The van der Waals surface area contributed by atoms with E-state index in [0.29, 0.717) is 34.7 Å². The van der Waals surface area contributed by atoms with Gasteiger partial charge in [-0.15, -0.1) is 0 Å². The highest BCUT2D eigenvalue weighted by molar-refractivity contribution is 6.07. The summed E-state index contributed by atoms with van der Waals surface area (Å²) in [6, 6.07) is 16.9. The minimum atomic E-state index is -0.989. The number of nitrogen functional groups attached to an aromatic ring is 1. The number of imidazole rings is 1. The maximum absolute atomic E-state index is 14.5. The molecular formula is C28H29FN6O3. The average molecular weight is 517 g/mol. The number of aliphatic carboxylic acids is 1. The minimum absolute atomic E-state index is 0.0296. The van der Waals surface area contributed by atoms with Crippen molar-refractivity contribution in [2.45, 2.75) is 33.4 Å². The van der Waals surface area contributed by atoms with E-state index in [1.807, 2.05) is 36.6 Å². The first kappa shape index (κ1) is 26.3. The van der Waals surface area contributed by atoms with Gasteiger partial charge in [0.15, 0.2) is 0 Å². The van der Waals surface area contributed by atoms with Gasteiger partial charge in [0.05, 0.1) is 29.7 Å². The summed E-state index contributed by atoms with van der Waals surface area (Å²) in [5, 5.41) is 19.7. The molecule has 5 N–H and O–H groups in total. The molecule has 10 heteroatoms. The lowest BCUT2D eigenvalue weighted by molar-refractivity contribution is -0.136. The van der Waals surface area contributed by atoms with Crippen LogP contribution < -0.4 is 16.0 Å². The quantitative estimate of drug-likeness (QED) is 0.181. The molecule has 1 heterocycles. The summed E-state index contributed by atoms with van der Waals surface area (Å²) in [5.41, 5.74) is 9.44. The first-order valence-corrected chi connectivity index (χ1v) is 12.1. The number of carboxylic acids is 1. The van der Waals surface area contributed by atoms with Gasteiger partial charge in [-0.2, -0.15) is 0 Å². The number of hydrogen-bond donors (Lipinski definition) is 4. The van der Waals surface area contributed by atoms with E-state index in [4.69, 9.17) is 16.1 Å². The van der Waals surface area contributed by atoms with Crippen LogP contribution in [0.1, 0.15) is 40.7 Å². The number of nitrogens with one attached hydrogen (secondary N) is 2.